The maximum atomic E-state index is 12.5. The van der Waals surface area contributed by atoms with Gasteiger partial charge in [-0.15, -0.1) is 0 Å². The van der Waals surface area contributed by atoms with Crippen molar-refractivity contribution in [3.05, 3.63) is 0 Å². The number of oxime groups is 1. The third-order valence-electron chi connectivity index (χ3n) is 9.31. The summed E-state index contributed by atoms with van der Waals surface area (Å²) in [7, 11) is 1.56. The van der Waals surface area contributed by atoms with E-state index in [0.717, 1.165) is 44.2 Å². The summed E-state index contributed by atoms with van der Waals surface area (Å²) in [6, 6.07) is 0. The summed E-state index contributed by atoms with van der Waals surface area (Å²) in [6.45, 7) is 3.74. The number of hydrogen-bond acceptors (Lipinski definition) is 6. The molecule has 0 saturated heterocycles. The molecule has 4 fully saturated rings. The summed E-state index contributed by atoms with van der Waals surface area (Å²) in [5.41, 5.74) is -1.08. The number of fused-ring (bicyclic) bond motifs is 5. The summed E-state index contributed by atoms with van der Waals surface area (Å²) < 4.78 is 0. The van der Waals surface area contributed by atoms with Crippen molar-refractivity contribution < 1.29 is 25.0 Å². The Bertz CT molecular complexity index is 680. The SMILES string of the molecule is CON=C1CC2(C)C(CCC2(O)C(=O)CO)C2CCC3CC(O)CCC3(C)C12. The van der Waals surface area contributed by atoms with Gasteiger partial charge in [-0.05, 0) is 74.5 Å². The van der Waals surface area contributed by atoms with Gasteiger partial charge in [0.1, 0.15) is 19.3 Å². The first-order chi connectivity index (χ1) is 13.2. The lowest BCUT2D eigenvalue weighted by atomic mass is 9.43. The van der Waals surface area contributed by atoms with Crippen LogP contribution in [0.25, 0.3) is 0 Å². The standard InChI is InChI=1S/C22H35NO5/c1-20-8-6-14(25)10-13(20)4-5-15-16-7-9-22(27,18(26)12-24)21(16,2)11-17(19(15)20)23-28-3/h13-16,19,24-25,27H,4-12H2,1-3H3. The van der Waals surface area contributed by atoms with E-state index in [-0.39, 0.29) is 23.4 Å². The minimum Gasteiger partial charge on any atom is -0.399 e. The van der Waals surface area contributed by atoms with Gasteiger partial charge in [0, 0.05) is 11.3 Å². The Morgan fingerprint density at radius 3 is 2.64 bits per heavy atom. The van der Waals surface area contributed by atoms with Crippen LogP contribution in [0.5, 0.6) is 0 Å². The monoisotopic (exact) mass is 393 g/mol. The zero-order valence-corrected chi connectivity index (χ0v) is 17.4. The molecule has 0 aliphatic heterocycles. The first kappa shape index (κ1) is 20.3. The van der Waals surface area contributed by atoms with Crippen molar-refractivity contribution in [2.24, 2.45) is 39.7 Å². The highest BCUT2D eigenvalue weighted by atomic mass is 16.6. The first-order valence-corrected chi connectivity index (χ1v) is 10.9. The van der Waals surface area contributed by atoms with Crippen molar-refractivity contribution in [1.82, 2.24) is 0 Å². The van der Waals surface area contributed by atoms with Crippen molar-refractivity contribution >= 4 is 11.5 Å². The summed E-state index contributed by atoms with van der Waals surface area (Å²) in [5.74, 6) is 0.864. The van der Waals surface area contributed by atoms with Crippen LogP contribution < -0.4 is 0 Å². The quantitative estimate of drug-likeness (QED) is 0.639. The van der Waals surface area contributed by atoms with Gasteiger partial charge in [0.25, 0.3) is 0 Å². The number of carbonyl (C=O) groups is 1. The lowest BCUT2D eigenvalue weighted by Gasteiger charge is -2.61. The Morgan fingerprint density at radius 1 is 1.21 bits per heavy atom. The van der Waals surface area contributed by atoms with Gasteiger partial charge < -0.3 is 20.2 Å². The second-order valence-corrected chi connectivity index (χ2v) is 10.3. The summed E-state index contributed by atoms with van der Waals surface area (Å²) in [6.07, 6.45) is 6.31. The molecule has 0 heterocycles. The normalized spacial score (nSPS) is 51.9. The van der Waals surface area contributed by atoms with Crippen LogP contribution in [0.2, 0.25) is 0 Å². The minimum atomic E-state index is -1.49. The van der Waals surface area contributed by atoms with Crippen molar-refractivity contribution in [2.75, 3.05) is 13.7 Å². The molecule has 3 N–H and O–H groups in total. The van der Waals surface area contributed by atoms with Gasteiger partial charge in [0.15, 0.2) is 5.78 Å². The number of nitrogens with zero attached hydrogens (tertiary/aromatic N) is 1. The van der Waals surface area contributed by atoms with Crippen molar-refractivity contribution in [3.63, 3.8) is 0 Å². The van der Waals surface area contributed by atoms with Crippen LogP contribution in [0.3, 0.4) is 0 Å². The van der Waals surface area contributed by atoms with Crippen LogP contribution in [0, 0.1) is 34.5 Å². The fourth-order valence-corrected chi connectivity index (χ4v) is 7.89. The lowest BCUT2D eigenvalue weighted by molar-refractivity contribution is -0.160. The Kier molecular flexibility index (Phi) is 4.91. The van der Waals surface area contributed by atoms with Crippen molar-refractivity contribution in [1.29, 1.82) is 0 Å². The second-order valence-electron chi connectivity index (χ2n) is 10.3. The van der Waals surface area contributed by atoms with Crippen LogP contribution >= 0.6 is 0 Å². The average molecular weight is 394 g/mol. The third-order valence-corrected chi connectivity index (χ3v) is 9.31. The van der Waals surface area contributed by atoms with Gasteiger partial charge in [0.05, 0.1) is 11.8 Å². The van der Waals surface area contributed by atoms with E-state index in [1.165, 1.54) is 0 Å². The largest absolute Gasteiger partial charge is 0.399 e. The number of carbonyl (C=O) groups excluding carboxylic acids is 1. The van der Waals surface area contributed by atoms with Crippen LogP contribution in [0.4, 0.5) is 0 Å². The molecule has 4 saturated carbocycles. The Morgan fingerprint density at radius 2 is 1.96 bits per heavy atom. The number of rotatable bonds is 3. The molecule has 4 aliphatic carbocycles. The van der Waals surface area contributed by atoms with Gasteiger partial charge in [0.2, 0.25) is 0 Å². The Labute approximate surface area is 167 Å². The molecule has 8 atom stereocenters. The molecular weight excluding hydrogens is 358 g/mol. The molecule has 0 aromatic heterocycles. The van der Waals surface area contributed by atoms with E-state index in [2.05, 4.69) is 12.1 Å². The fourth-order valence-electron chi connectivity index (χ4n) is 7.89. The Hall–Kier alpha value is -0.980. The molecule has 0 radical (unpaired) electrons. The molecule has 4 aliphatic rings. The molecule has 6 nitrogen and oxygen atoms in total. The Balaban J connectivity index is 1.76. The molecule has 0 bridgehead atoms. The molecule has 0 aromatic carbocycles. The molecule has 8 unspecified atom stereocenters. The zero-order chi connectivity index (χ0) is 20.3. The van der Waals surface area contributed by atoms with Gasteiger partial charge in [-0.1, -0.05) is 19.0 Å². The van der Waals surface area contributed by atoms with Gasteiger partial charge >= 0.3 is 0 Å². The maximum Gasteiger partial charge on any atom is 0.190 e. The highest BCUT2D eigenvalue weighted by molar-refractivity contribution is 5.94. The molecular formula is C22H35NO5. The average Bonchev–Trinajstić information content (AvgIpc) is 2.93. The molecule has 4 rings (SSSR count). The highest BCUT2D eigenvalue weighted by Gasteiger charge is 2.68. The second kappa shape index (κ2) is 6.78. The van der Waals surface area contributed by atoms with E-state index >= 15 is 0 Å². The molecule has 28 heavy (non-hydrogen) atoms. The van der Waals surface area contributed by atoms with E-state index in [1.807, 2.05) is 6.92 Å². The van der Waals surface area contributed by atoms with E-state index in [1.54, 1.807) is 7.11 Å². The predicted molar refractivity (Wildman–Crippen MR) is 105 cm³/mol. The molecule has 0 spiro atoms. The van der Waals surface area contributed by atoms with E-state index in [0.29, 0.717) is 24.7 Å². The third kappa shape index (κ3) is 2.56. The van der Waals surface area contributed by atoms with Crippen LogP contribution in [0.15, 0.2) is 5.16 Å². The van der Waals surface area contributed by atoms with E-state index < -0.39 is 23.4 Å². The molecule has 0 aromatic rings. The van der Waals surface area contributed by atoms with Crippen molar-refractivity contribution in [2.45, 2.75) is 76.9 Å². The highest BCUT2D eigenvalue weighted by Crippen LogP contribution is 2.67. The van der Waals surface area contributed by atoms with Gasteiger partial charge in [-0.2, -0.15) is 0 Å². The minimum absolute atomic E-state index is 0.0720. The van der Waals surface area contributed by atoms with E-state index in [9.17, 15) is 20.1 Å². The zero-order valence-electron chi connectivity index (χ0n) is 17.4. The maximum absolute atomic E-state index is 12.5. The van der Waals surface area contributed by atoms with Crippen LogP contribution in [-0.2, 0) is 9.63 Å². The smallest absolute Gasteiger partial charge is 0.190 e. The van der Waals surface area contributed by atoms with Gasteiger partial charge in [-0.25, -0.2) is 0 Å². The number of ketones is 1. The topological polar surface area (TPSA) is 99.4 Å². The predicted octanol–water partition coefficient (Wildman–Crippen LogP) is 2.29. The van der Waals surface area contributed by atoms with Crippen molar-refractivity contribution in [3.8, 4) is 0 Å². The van der Waals surface area contributed by atoms with Crippen LogP contribution in [-0.4, -0.2) is 52.2 Å². The van der Waals surface area contributed by atoms with Gasteiger partial charge in [-0.3, -0.25) is 4.79 Å². The summed E-state index contributed by atoms with van der Waals surface area (Å²) >= 11 is 0. The molecule has 6 heteroatoms. The number of aliphatic hydroxyl groups excluding tert-OH is 2. The lowest BCUT2D eigenvalue weighted by Crippen LogP contribution is -2.62. The number of aliphatic hydroxyl groups is 3. The number of hydrogen-bond donors (Lipinski definition) is 3. The molecule has 0 amide bonds. The molecule has 158 valence electrons. The first-order valence-electron chi connectivity index (χ1n) is 10.9. The summed E-state index contributed by atoms with van der Waals surface area (Å²) in [5, 5.41) is 35.6. The summed E-state index contributed by atoms with van der Waals surface area (Å²) in [4.78, 5) is 17.8. The van der Waals surface area contributed by atoms with E-state index in [4.69, 9.17) is 4.84 Å². The number of Topliss-reactive ketones (excluding diaryl/α,β-unsaturated/α-hetero) is 1. The van der Waals surface area contributed by atoms with Crippen LogP contribution in [0.1, 0.15) is 65.2 Å². The fraction of sp³-hybridized carbons (Fsp3) is 0.909.